The van der Waals surface area contributed by atoms with E-state index < -0.39 is 5.54 Å². The third kappa shape index (κ3) is 2.03. The van der Waals surface area contributed by atoms with Crippen molar-refractivity contribution in [2.45, 2.75) is 44.1 Å². The van der Waals surface area contributed by atoms with Crippen LogP contribution in [0.15, 0.2) is 21.4 Å². The summed E-state index contributed by atoms with van der Waals surface area (Å²) in [5.41, 5.74) is 6.51. The van der Waals surface area contributed by atoms with Crippen LogP contribution < -0.4 is 5.73 Å². The maximum absolute atomic E-state index is 6.42. The van der Waals surface area contributed by atoms with Gasteiger partial charge in [-0.15, -0.1) is 0 Å². The normalized spacial score (nSPS) is 19.6. The zero-order valence-electron chi connectivity index (χ0n) is 10.1. The van der Waals surface area contributed by atoms with Gasteiger partial charge in [0.2, 0.25) is 0 Å². The van der Waals surface area contributed by atoms with Crippen LogP contribution in [0.25, 0.3) is 11.6 Å². The van der Waals surface area contributed by atoms with Crippen LogP contribution in [0.5, 0.6) is 0 Å². The van der Waals surface area contributed by atoms with Gasteiger partial charge >= 0.3 is 0 Å². The molecular formula is C12H16N4O2. The maximum atomic E-state index is 6.42. The molecule has 2 aromatic rings. The Labute approximate surface area is 105 Å². The average molecular weight is 248 g/mol. The Bertz CT molecular complexity index is 498. The Morgan fingerprint density at radius 2 is 1.89 bits per heavy atom. The molecule has 18 heavy (non-hydrogen) atoms. The molecule has 0 atom stereocenters. The number of rotatable bonds is 2. The van der Waals surface area contributed by atoms with E-state index in [1.54, 1.807) is 6.07 Å². The van der Waals surface area contributed by atoms with E-state index in [-0.39, 0.29) is 0 Å². The smallest absolute Gasteiger partial charge is 0.280 e. The molecule has 6 nitrogen and oxygen atoms in total. The lowest BCUT2D eigenvalue weighted by atomic mass is 9.91. The van der Waals surface area contributed by atoms with Crippen LogP contribution in [-0.4, -0.2) is 15.3 Å². The van der Waals surface area contributed by atoms with Gasteiger partial charge in [0.1, 0.15) is 6.26 Å². The fraction of sp³-hybridized carbons (Fsp3) is 0.583. The van der Waals surface area contributed by atoms with E-state index in [0.29, 0.717) is 17.4 Å². The summed E-state index contributed by atoms with van der Waals surface area (Å²) in [7, 11) is 0. The van der Waals surface area contributed by atoms with Gasteiger partial charge in [0.05, 0.1) is 5.54 Å². The van der Waals surface area contributed by atoms with Crippen molar-refractivity contribution in [1.29, 1.82) is 0 Å². The van der Waals surface area contributed by atoms with Crippen molar-refractivity contribution in [2.24, 2.45) is 5.73 Å². The highest BCUT2D eigenvalue weighted by Crippen LogP contribution is 2.32. The average Bonchev–Trinajstić information content (AvgIpc) is 3.00. The summed E-state index contributed by atoms with van der Waals surface area (Å²) in [6.07, 6.45) is 7.98. The molecule has 0 aromatic carbocycles. The highest BCUT2D eigenvalue weighted by molar-refractivity contribution is 5.44. The Morgan fingerprint density at radius 1 is 1.11 bits per heavy atom. The Hall–Kier alpha value is -1.69. The lowest BCUT2D eigenvalue weighted by Crippen LogP contribution is -2.37. The number of aromatic nitrogens is 3. The van der Waals surface area contributed by atoms with Crippen molar-refractivity contribution in [2.75, 3.05) is 0 Å². The standard InChI is InChI=1S/C12H16N4O2/c13-12(6-3-1-2-4-7-12)11-14-10(18-16-11)9-5-8-17-15-9/h5,8H,1-4,6-7,13H2. The van der Waals surface area contributed by atoms with Crippen LogP contribution in [0.4, 0.5) is 0 Å². The SMILES string of the molecule is NC1(c2noc(-c3ccon3)n2)CCCCCC1. The van der Waals surface area contributed by atoms with Gasteiger partial charge in [-0.3, -0.25) is 0 Å². The van der Waals surface area contributed by atoms with Crippen molar-refractivity contribution in [1.82, 2.24) is 15.3 Å². The summed E-state index contributed by atoms with van der Waals surface area (Å²) in [5.74, 6) is 0.954. The van der Waals surface area contributed by atoms with Gasteiger partial charge in [-0.25, -0.2) is 0 Å². The van der Waals surface area contributed by atoms with E-state index in [9.17, 15) is 0 Å². The molecular weight excluding hydrogens is 232 g/mol. The molecule has 6 heteroatoms. The molecule has 2 heterocycles. The monoisotopic (exact) mass is 248 g/mol. The van der Waals surface area contributed by atoms with Gasteiger partial charge in [0.15, 0.2) is 11.5 Å². The van der Waals surface area contributed by atoms with E-state index in [4.69, 9.17) is 14.8 Å². The summed E-state index contributed by atoms with van der Waals surface area (Å²) in [6.45, 7) is 0. The Kier molecular flexibility index (Phi) is 2.87. The fourth-order valence-corrected chi connectivity index (χ4v) is 2.44. The largest absolute Gasteiger partial charge is 0.364 e. The molecule has 0 aliphatic heterocycles. The van der Waals surface area contributed by atoms with E-state index >= 15 is 0 Å². The van der Waals surface area contributed by atoms with E-state index in [2.05, 4.69) is 15.3 Å². The van der Waals surface area contributed by atoms with Crippen LogP contribution in [0.2, 0.25) is 0 Å². The minimum Gasteiger partial charge on any atom is -0.364 e. The first-order chi connectivity index (χ1) is 8.78. The molecule has 3 rings (SSSR count). The third-order valence-corrected chi connectivity index (χ3v) is 3.52. The minimum absolute atomic E-state index is 0.368. The molecule has 1 fully saturated rings. The number of hydrogen-bond donors (Lipinski definition) is 1. The molecule has 0 spiro atoms. The zero-order chi connectivity index (χ0) is 12.4. The lowest BCUT2D eigenvalue weighted by Gasteiger charge is -2.23. The van der Waals surface area contributed by atoms with Gasteiger partial charge < -0.3 is 14.8 Å². The zero-order valence-corrected chi connectivity index (χ0v) is 10.1. The van der Waals surface area contributed by atoms with Crippen LogP contribution in [0.3, 0.4) is 0 Å². The summed E-state index contributed by atoms with van der Waals surface area (Å²) < 4.78 is 9.96. The molecule has 1 aliphatic rings. The first kappa shape index (κ1) is 11.4. The second-order valence-corrected chi connectivity index (χ2v) is 4.88. The maximum Gasteiger partial charge on any atom is 0.280 e. The van der Waals surface area contributed by atoms with Crippen LogP contribution in [-0.2, 0) is 5.54 Å². The van der Waals surface area contributed by atoms with Crippen LogP contribution in [0, 0.1) is 0 Å². The molecule has 1 saturated carbocycles. The molecule has 0 amide bonds. The van der Waals surface area contributed by atoms with Gasteiger partial charge in [-0.1, -0.05) is 36.0 Å². The van der Waals surface area contributed by atoms with Gasteiger partial charge in [0, 0.05) is 6.07 Å². The van der Waals surface area contributed by atoms with E-state index in [1.807, 2.05) is 0 Å². The third-order valence-electron chi connectivity index (χ3n) is 3.52. The highest BCUT2D eigenvalue weighted by Gasteiger charge is 2.33. The number of hydrogen-bond acceptors (Lipinski definition) is 6. The molecule has 0 saturated heterocycles. The highest BCUT2D eigenvalue weighted by atomic mass is 16.5. The summed E-state index contributed by atoms with van der Waals surface area (Å²) in [4.78, 5) is 4.36. The molecule has 0 unspecified atom stereocenters. The molecule has 96 valence electrons. The fourth-order valence-electron chi connectivity index (χ4n) is 2.44. The predicted molar refractivity (Wildman–Crippen MR) is 63.4 cm³/mol. The van der Waals surface area contributed by atoms with Crippen molar-refractivity contribution in [3.8, 4) is 11.6 Å². The number of nitrogens with two attached hydrogens (primary N) is 1. The van der Waals surface area contributed by atoms with Crippen molar-refractivity contribution in [3.05, 3.63) is 18.2 Å². The minimum atomic E-state index is -0.456. The molecule has 0 bridgehead atoms. The van der Waals surface area contributed by atoms with E-state index in [0.717, 1.165) is 25.7 Å². The molecule has 1 aliphatic carbocycles. The molecule has 0 radical (unpaired) electrons. The van der Waals surface area contributed by atoms with Crippen LogP contribution >= 0.6 is 0 Å². The van der Waals surface area contributed by atoms with Gasteiger partial charge in [0.25, 0.3) is 5.89 Å². The number of nitrogens with zero attached hydrogens (tertiary/aromatic N) is 3. The van der Waals surface area contributed by atoms with Crippen molar-refractivity contribution in [3.63, 3.8) is 0 Å². The topological polar surface area (TPSA) is 91.0 Å². The summed E-state index contributed by atoms with van der Waals surface area (Å²) in [5, 5.41) is 7.79. The lowest BCUT2D eigenvalue weighted by molar-refractivity contribution is 0.334. The van der Waals surface area contributed by atoms with Crippen molar-refractivity contribution >= 4 is 0 Å². The van der Waals surface area contributed by atoms with Gasteiger partial charge in [-0.05, 0) is 12.8 Å². The summed E-state index contributed by atoms with van der Waals surface area (Å²) >= 11 is 0. The first-order valence-electron chi connectivity index (χ1n) is 6.32. The Balaban J connectivity index is 1.88. The van der Waals surface area contributed by atoms with Crippen LogP contribution in [0.1, 0.15) is 44.3 Å². The second kappa shape index (κ2) is 4.53. The quantitative estimate of drug-likeness (QED) is 0.819. The molecule has 2 N–H and O–H groups in total. The Morgan fingerprint density at radius 3 is 2.56 bits per heavy atom. The molecule has 2 aromatic heterocycles. The first-order valence-corrected chi connectivity index (χ1v) is 6.32. The predicted octanol–water partition coefficient (Wildman–Crippen LogP) is 2.23. The van der Waals surface area contributed by atoms with E-state index in [1.165, 1.54) is 19.1 Å². The van der Waals surface area contributed by atoms with Crippen molar-refractivity contribution < 1.29 is 9.05 Å². The summed E-state index contributed by atoms with van der Waals surface area (Å²) in [6, 6.07) is 1.69. The second-order valence-electron chi connectivity index (χ2n) is 4.88. The van der Waals surface area contributed by atoms with Gasteiger partial charge in [-0.2, -0.15) is 4.98 Å².